The first-order valence-electron chi connectivity index (χ1n) is 5.90. The van der Waals surface area contributed by atoms with Crippen LogP contribution in [0.3, 0.4) is 0 Å². The van der Waals surface area contributed by atoms with Crippen molar-refractivity contribution in [3.63, 3.8) is 0 Å². The van der Waals surface area contributed by atoms with Crippen LogP contribution < -0.4 is 0 Å². The monoisotopic (exact) mass is 375 g/mol. The third kappa shape index (κ3) is 3.59. The van der Waals surface area contributed by atoms with Crippen LogP contribution in [0.15, 0.2) is 30.3 Å². The predicted molar refractivity (Wildman–Crippen MR) is 77.1 cm³/mol. The molecule has 102 valence electrons. The van der Waals surface area contributed by atoms with Gasteiger partial charge >= 0.3 is 12.1 Å². The molecule has 0 bridgehead atoms. The summed E-state index contributed by atoms with van der Waals surface area (Å²) in [6.45, 7) is 0.849. The van der Waals surface area contributed by atoms with Crippen LogP contribution in [0.5, 0.6) is 0 Å². The molecule has 2 rings (SSSR count). The van der Waals surface area contributed by atoms with Crippen molar-refractivity contribution in [3.8, 4) is 0 Å². The van der Waals surface area contributed by atoms with Gasteiger partial charge in [-0.3, -0.25) is 4.79 Å². The Morgan fingerprint density at radius 2 is 2.00 bits per heavy atom. The fourth-order valence-electron chi connectivity index (χ4n) is 1.96. The van der Waals surface area contributed by atoms with Gasteiger partial charge in [-0.2, -0.15) is 0 Å². The van der Waals surface area contributed by atoms with E-state index in [1.165, 1.54) is 4.90 Å². The lowest BCUT2D eigenvalue weighted by molar-refractivity contribution is -0.140. The highest BCUT2D eigenvalue weighted by Gasteiger charge is 2.38. The summed E-state index contributed by atoms with van der Waals surface area (Å²) in [5, 5.41) is 9.01. The van der Waals surface area contributed by atoms with Gasteiger partial charge in [0, 0.05) is 17.0 Å². The van der Waals surface area contributed by atoms with Gasteiger partial charge in [0.25, 0.3) is 0 Å². The van der Waals surface area contributed by atoms with Crippen molar-refractivity contribution in [1.29, 1.82) is 0 Å². The summed E-state index contributed by atoms with van der Waals surface area (Å²) in [7, 11) is 0. The Balaban J connectivity index is 1.86. The highest BCUT2D eigenvalue weighted by molar-refractivity contribution is 14.1. The van der Waals surface area contributed by atoms with E-state index in [4.69, 9.17) is 9.84 Å². The van der Waals surface area contributed by atoms with Gasteiger partial charge in [-0.15, -0.1) is 0 Å². The average molecular weight is 375 g/mol. The molecule has 0 spiro atoms. The number of alkyl halides is 1. The minimum absolute atomic E-state index is 0.0700. The first-order chi connectivity index (χ1) is 9.08. The maximum absolute atomic E-state index is 11.8. The van der Waals surface area contributed by atoms with Gasteiger partial charge in [0.2, 0.25) is 0 Å². The number of aliphatic carboxylic acids is 1. The average Bonchev–Trinajstić information content (AvgIpc) is 2.79. The van der Waals surface area contributed by atoms with Gasteiger partial charge in [-0.05, 0) is 5.56 Å². The Kier molecular flexibility index (Phi) is 4.62. The van der Waals surface area contributed by atoms with Crippen LogP contribution in [0.25, 0.3) is 0 Å². The fourth-order valence-corrected chi connectivity index (χ4v) is 2.97. The number of carboxylic acid groups (broad SMARTS) is 1. The molecule has 5 nitrogen and oxygen atoms in total. The van der Waals surface area contributed by atoms with E-state index >= 15 is 0 Å². The first kappa shape index (κ1) is 14.1. The van der Waals surface area contributed by atoms with E-state index in [0.29, 0.717) is 6.54 Å². The maximum Gasteiger partial charge on any atom is 0.410 e. The Labute approximate surface area is 124 Å². The van der Waals surface area contributed by atoms with Gasteiger partial charge in [0.1, 0.15) is 6.61 Å². The molecule has 0 radical (unpaired) electrons. The molecule has 0 aliphatic carbocycles. The van der Waals surface area contributed by atoms with Crippen LogP contribution in [0.1, 0.15) is 5.56 Å². The summed E-state index contributed by atoms with van der Waals surface area (Å²) in [6, 6.07) is 9.39. The molecular weight excluding hydrogens is 361 g/mol. The molecule has 1 aromatic rings. The standard InChI is InChI=1S/C13H14INO4/c14-11-7-15(6-10(11)12(16)17)13(18)19-8-9-4-2-1-3-5-9/h1-5,10-11H,6-8H2,(H,16,17)/t10-,11+/m0/s1. The number of halogens is 1. The molecule has 1 fully saturated rings. The van der Waals surface area contributed by atoms with Crippen LogP contribution in [-0.2, 0) is 16.1 Å². The van der Waals surface area contributed by atoms with Crippen molar-refractivity contribution in [3.05, 3.63) is 35.9 Å². The zero-order chi connectivity index (χ0) is 13.8. The molecule has 1 aliphatic rings. The summed E-state index contributed by atoms with van der Waals surface area (Å²) in [6.07, 6.45) is -0.450. The van der Waals surface area contributed by atoms with Crippen molar-refractivity contribution in [2.24, 2.45) is 5.92 Å². The second kappa shape index (κ2) is 6.23. The predicted octanol–water partition coefficient (Wildman–Crippen LogP) is 2.14. The van der Waals surface area contributed by atoms with Crippen molar-refractivity contribution in [1.82, 2.24) is 4.90 Å². The molecule has 0 aromatic heterocycles. The minimum atomic E-state index is -0.863. The number of carboxylic acids is 1. The fraction of sp³-hybridized carbons (Fsp3) is 0.385. The number of benzene rings is 1. The molecule has 19 heavy (non-hydrogen) atoms. The van der Waals surface area contributed by atoms with E-state index in [-0.39, 0.29) is 17.1 Å². The Bertz CT molecular complexity index is 465. The van der Waals surface area contributed by atoms with Crippen LogP contribution in [0, 0.1) is 5.92 Å². The number of ether oxygens (including phenoxy) is 1. The number of carbonyl (C=O) groups excluding carboxylic acids is 1. The van der Waals surface area contributed by atoms with E-state index in [1.807, 2.05) is 30.3 Å². The molecule has 1 amide bonds. The van der Waals surface area contributed by atoms with Crippen LogP contribution >= 0.6 is 22.6 Å². The van der Waals surface area contributed by atoms with Gasteiger partial charge in [-0.1, -0.05) is 52.9 Å². The van der Waals surface area contributed by atoms with E-state index in [0.717, 1.165) is 5.56 Å². The molecule has 0 saturated carbocycles. The zero-order valence-corrected chi connectivity index (χ0v) is 12.3. The topological polar surface area (TPSA) is 66.8 Å². The summed E-state index contributed by atoms with van der Waals surface area (Å²) in [5.41, 5.74) is 0.913. The number of amides is 1. The van der Waals surface area contributed by atoms with Gasteiger partial charge < -0.3 is 14.7 Å². The molecule has 2 atom stereocenters. The number of hydrogen-bond donors (Lipinski definition) is 1. The Morgan fingerprint density at radius 1 is 1.32 bits per heavy atom. The van der Waals surface area contributed by atoms with E-state index < -0.39 is 18.0 Å². The molecule has 1 aliphatic heterocycles. The third-order valence-corrected chi connectivity index (χ3v) is 4.29. The zero-order valence-electron chi connectivity index (χ0n) is 10.2. The van der Waals surface area contributed by atoms with Gasteiger partial charge in [0.05, 0.1) is 5.92 Å². The molecular formula is C13H14INO4. The van der Waals surface area contributed by atoms with Gasteiger partial charge in [-0.25, -0.2) is 4.79 Å². The molecule has 0 unspecified atom stereocenters. The Morgan fingerprint density at radius 3 is 2.58 bits per heavy atom. The third-order valence-electron chi connectivity index (χ3n) is 3.03. The maximum atomic E-state index is 11.8. The second-order valence-corrected chi connectivity index (χ2v) is 6.01. The number of likely N-dealkylation sites (tertiary alicyclic amines) is 1. The lowest BCUT2D eigenvalue weighted by Crippen LogP contribution is -2.30. The van der Waals surface area contributed by atoms with Crippen molar-refractivity contribution >= 4 is 34.7 Å². The molecule has 6 heteroatoms. The van der Waals surface area contributed by atoms with Crippen LogP contribution in [0.2, 0.25) is 0 Å². The highest BCUT2D eigenvalue weighted by atomic mass is 127. The summed E-state index contributed by atoms with van der Waals surface area (Å²) >= 11 is 2.07. The van der Waals surface area contributed by atoms with Crippen molar-refractivity contribution in [2.75, 3.05) is 13.1 Å². The first-order valence-corrected chi connectivity index (χ1v) is 7.15. The lowest BCUT2D eigenvalue weighted by atomic mass is 10.1. The van der Waals surface area contributed by atoms with E-state index in [9.17, 15) is 9.59 Å². The largest absolute Gasteiger partial charge is 0.481 e. The lowest BCUT2D eigenvalue weighted by Gasteiger charge is -2.15. The molecule has 1 heterocycles. The van der Waals surface area contributed by atoms with Crippen LogP contribution in [-0.4, -0.2) is 39.1 Å². The number of carbonyl (C=O) groups is 2. The number of nitrogens with zero attached hydrogens (tertiary/aromatic N) is 1. The smallest absolute Gasteiger partial charge is 0.410 e. The summed E-state index contributed by atoms with van der Waals surface area (Å²) in [4.78, 5) is 24.3. The van der Waals surface area contributed by atoms with Gasteiger partial charge in [0.15, 0.2) is 0 Å². The molecule has 1 N–H and O–H groups in total. The minimum Gasteiger partial charge on any atom is -0.481 e. The van der Waals surface area contributed by atoms with E-state index in [2.05, 4.69) is 22.6 Å². The van der Waals surface area contributed by atoms with E-state index in [1.54, 1.807) is 0 Å². The summed E-state index contributed by atoms with van der Waals surface area (Å²) in [5.74, 6) is -1.37. The molecule has 1 saturated heterocycles. The normalized spacial score (nSPS) is 22.3. The van der Waals surface area contributed by atoms with Crippen molar-refractivity contribution in [2.45, 2.75) is 10.5 Å². The highest BCUT2D eigenvalue weighted by Crippen LogP contribution is 2.25. The number of hydrogen-bond acceptors (Lipinski definition) is 3. The number of rotatable bonds is 3. The second-order valence-electron chi connectivity index (χ2n) is 4.41. The SMILES string of the molecule is O=C(O)[C@H]1CN(C(=O)OCc2ccccc2)C[C@H]1I. The molecule has 1 aromatic carbocycles. The van der Waals surface area contributed by atoms with Crippen LogP contribution in [0.4, 0.5) is 4.79 Å². The quantitative estimate of drug-likeness (QED) is 0.650. The van der Waals surface area contributed by atoms with Crippen molar-refractivity contribution < 1.29 is 19.4 Å². The summed E-state index contributed by atoms with van der Waals surface area (Å²) < 4.78 is 5.11. The Hall–Kier alpha value is -1.31.